The minimum Gasteiger partial charge on any atom is -0.453 e. The van der Waals surface area contributed by atoms with Crippen LogP contribution in [0.25, 0.3) is 11.0 Å². The normalized spacial score (nSPS) is 12.2. The van der Waals surface area contributed by atoms with Crippen LogP contribution in [0, 0.1) is 5.82 Å². The van der Waals surface area contributed by atoms with E-state index in [0.717, 1.165) is 0 Å². The second-order valence-electron chi connectivity index (χ2n) is 2.78. The third kappa shape index (κ3) is 1.28. The standard InChI is InChI=1S/C9H7FN2O2/c10-6-1-2-7-5(3-6)4-8(14-7)9(11)12-13/h1-4,13H,(H2,11,12). The molecule has 0 fully saturated rings. The average Bonchev–Trinajstić information content (AvgIpc) is 2.59. The Morgan fingerprint density at radius 3 is 2.93 bits per heavy atom. The zero-order valence-electron chi connectivity index (χ0n) is 7.07. The molecular formula is C9H7FN2O2. The Labute approximate surface area is 78.4 Å². The number of halogens is 1. The van der Waals surface area contributed by atoms with Gasteiger partial charge in [0.25, 0.3) is 0 Å². The Morgan fingerprint density at radius 1 is 1.43 bits per heavy atom. The number of amidine groups is 1. The summed E-state index contributed by atoms with van der Waals surface area (Å²) < 4.78 is 18.0. The monoisotopic (exact) mass is 194 g/mol. The largest absolute Gasteiger partial charge is 0.453 e. The summed E-state index contributed by atoms with van der Waals surface area (Å²) in [5, 5.41) is 11.8. The molecule has 1 heterocycles. The fourth-order valence-electron chi connectivity index (χ4n) is 1.19. The van der Waals surface area contributed by atoms with Gasteiger partial charge in [-0.2, -0.15) is 0 Å². The van der Waals surface area contributed by atoms with Gasteiger partial charge in [0.2, 0.25) is 5.84 Å². The summed E-state index contributed by atoms with van der Waals surface area (Å²) in [5.41, 5.74) is 5.80. The topological polar surface area (TPSA) is 71.8 Å². The first-order valence-electron chi connectivity index (χ1n) is 3.87. The van der Waals surface area contributed by atoms with Crippen molar-refractivity contribution in [2.75, 3.05) is 0 Å². The van der Waals surface area contributed by atoms with Crippen LogP contribution in [-0.2, 0) is 0 Å². The molecule has 5 heteroatoms. The average molecular weight is 194 g/mol. The van der Waals surface area contributed by atoms with Gasteiger partial charge in [0.05, 0.1) is 0 Å². The van der Waals surface area contributed by atoms with E-state index in [1.807, 2.05) is 0 Å². The molecule has 0 unspecified atom stereocenters. The molecule has 14 heavy (non-hydrogen) atoms. The number of hydrogen-bond acceptors (Lipinski definition) is 3. The van der Waals surface area contributed by atoms with Crippen LogP contribution in [0.5, 0.6) is 0 Å². The zero-order chi connectivity index (χ0) is 10.1. The predicted octanol–water partition coefficient (Wildman–Crippen LogP) is 1.67. The smallest absolute Gasteiger partial charge is 0.205 e. The van der Waals surface area contributed by atoms with Crippen molar-refractivity contribution in [2.24, 2.45) is 10.9 Å². The van der Waals surface area contributed by atoms with Crippen LogP contribution >= 0.6 is 0 Å². The van der Waals surface area contributed by atoms with E-state index < -0.39 is 0 Å². The third-order valence-electron chi connectivity index (χ3n) is 1.84. The van der Waals surface area contributed by atoms with Gasteiger partial charge in [0.15, 0.2) is 5.76 Å². The number of benzene rings is 1. The molecule has 0 aliphatic carbocycles. The second kappa shape index (κ2) is 3.02. The van der Waals surface area contributed by atoms with Crippen LogP contribution in [0.3, 0.4) is 0 Å². The van der Waals surface area contributed by atoms with Crippen molar-refractivity contribution in [3.8, 4) is 0 Å². The first-order valence-corrected chi connectivity index (χ1v) is 3.87. The van der Waals surface area contributed by atoms with E-state index >= 15 is 0 Å². The number of furan rings is 1. The van der Waals surface area contributed by atoms with Crippen molar-refractivity contribution < 1.29 is 14.0 Å². The summed E-state index contributed by atoms with van der Waals surface area (Å²) in [4.78, 5) is 0. The lowest BCUT2D eigenvalue weighted by molar-refractivity contribution is 0.317. The van der Waals surface area contributed by atoms with Gasteiger partial charge in [0.1, 0.15) is 11.4 Å². The lowest BCUT2D eigenvalue weighted by Crippen LogP contribution is -2.11. The predicted molar refractivity (Wildman–Crippen MR) is 48.7 cm³/mol. The molecule has 2 aromatic rings. The van der Waals surface area contributed by atoms with Crippen molar-refractivity contribution in [1.82, 2.24) is 0 Å². The molecule has 2 rings (SSSR count). The quantitative estimate of drug-likeness (QED) is 0.314. The highest BCUT2D eigenvalue weighted by Gasteiger charge is 2.07. The molecule has 0 saturated heterocycles. The lowest BCUT2D eigenvalue weighted by atomic mass is 10.2. The van der Waals surface area contributed by atoms with Gasteiger partial charge in [-0.1, -0.05) is 5.16 Å². The molecule has 3 N–H and O–H groups in total. The van der Waals surface area contributed by atoms with Crippen molar-refractivity contribution in [2.45, 2.75) is 0 Å². The highest BCUT2D eigenvalue weighted by Crippen LogP contribution is 2.19. The van der Waals surface area contributed by atoms with Crippen LogP contribution in [0.15, 0.2) is 33.8 Å². The van der Waals surface area contributed by atoms with Crippen LogP contribution < -0.4 is 5.73 Å². The van der Waals surface area contributed by atoms with Gasteiger partial charge in [-0.15, -0.1) is 0 Å². The highest BCUT2D eigenvalue weighted by molar-refractivity contribution is 5.98. The van der Waals surface area contributed by atoms with Gasteiger partial charge < -0.3 is 15.4 Å². The van der Waals surface area contributed by atoms with Crippen LogP contribution in [0.2, 0.25) is 0 Å². The molecule has 1 aromatic carbocycles. The molecule has 0 spiro atoms. The summed E-state index contributed by atoms with van der Waals surface area (Å²) in [6, 6.07) is 5.58. The van der Waals surface area contributed by atoms with Gasteiger partial charge in [-0.3, -0.25) is 0 Å². The van der Waals surface area contributed by atoms with Crippen molar-refractivity contribution in [1.29, 1.82) is 0 Å². The summed E-state index contributed by atoms with van der Waals surface area (Å²) in [6.07, 6.45) is 0. The molecule has 0 atom stereocenters. The molecule has 0 saturated carbocycles. The molecule has 72 valence electrons. The van der Waals surface area contributed by atoms with Gasteiger partial charge >= 0.3 is 0 Å². The van der Waals surface area contributed by atoms with E-state index in [2.05, 4.69) is 5.16 Å². The number of oxime groups is 1. The third-order valence-corrected chi connectivity index (χ3v) is 1.84. The maximum atomic E-state index is 12.8. The lowest BCUT2D eigenvalue weighted by Gasteiger charge is -1.88. The number of hydrogen-bond donors (Lipinski definition) is 2. The molecule has 4 nitrogen and oxygen atoms in total. The molecule has 0 amide bonds. The summed E-state index contributed by atoms with van der Waals surface area (Å²) in [7, 11) is 0. The van der Waals surface area contributed by atoms with Gasteiger partial charge in [0, 0.05) is 5.39 Å². The van der Waals surface area contributed by atoms with E-state index in [1.54, 1.807) is 0 Å². The van der Waals surface area contributed by atoms with Crippen molar-refractivity contribution in [3.05, 3.63) is 35.8 Å². The zero-order valence-corrected chi connectivity index (χ0v) is 7.07. The summed E-state index contributed by atoms with van der Waals surface area (Å²) in [5.74, 6) is -0.279. The van der Waals surface area contributed by atoms with Gasteiger partial charge in [-0.05, 0) is 24.3 Å². The number of rotatable bonds is 1. The first kappa shape index (κ1) is 8.55. The maximum absolute atomic E-state index is 12.8. The molecule has 0 radical (unpaired) electrons. The summed E-state index contributed by atoms with van der Waals surface area (Å²) in [6.45, 7) is 0. The number of nitrogens with two attached hydrogens (primary N) is 1. The Hall–Kier alpha value is -2.04. The van der Waals surface area contributed by atoms with Gasteiger partial charge in [-0.25, -0.2) is 4.39 Å². The van der Waals surface area contributed by atoms with E-state index in [-0.39, 0.29) is 17.4 Å². The fraction of sp³-hybridized carbons (Fsp3) is 0. The Bertz CT molecular complexity index is 504. The van der Waals surface area contributed by atoms with Crippen molar-refractivity contribution in [3.63, 3.8) is 0 Å². The Balaban J connectivity index is 2.62. The Morgan fingerprint density at radius 2 is 2.21 bits per heavy atom. The molecule has 0 aliphatic heterocycles. The van der Waals surface area contributed by atoms with Crippen molar-refractivity contribution >= 4 is 16.8 Å². The van der Waals surface area contributed by atoms with E-state index in [4.69, 9.17) is 15.4 Å². The number of nitrogens with zero attached hydrogens (tertiary/aromatic N) is 1. The van der Waals surface area contributed by atoms with Crippen LogP contribution in [0.1, 0.15) is 5.76 Å². The first-order chi connectivity index (χ1) is 6.70. The SMILES string of the molecule is NC(=NO)c1cc2cc(F)ccc2o1. The van der Waals surface area contributed by atoms with Crippen LogP contribution in [0.4, 0.5) is 4.39 Å². The van der Waals surface area contributed by atoms with E-state index in [1.165, 1.54) is 24.3 Å². The van der Waals surface area contributed by atoms with E-state index in [0.29, 0.717) is 11.0 Å². The Kier molecular flexibility index (Phi) is 1.85. The summed E-state index contributed by atoms with van der Waals surface area (Å²) >= 11 is 0. The number of fused-ring (bicyclic) bond motifs is 1. The molecule has 0 bridgehead atoms. The molecular weight excluding hydrogens is 187 g/mol. The molecule has 1 aromatic heterocycles. The minimum atomic E-state index is -0.357. The second-order valence-corrected chi connectivity index (χ2v) is 2.78. The highest BCUT2D eigenvalue weighted by atomic mass is 19.1. The minimum absolute atomic E-state index is 0.137. The van der Waals surface area contributed by atoms with E-state index in [9.17, 15) is 4.39 Å². The molecule has 0 aliphatic rings. The van der Waals surface area contributed by atoms with Crippen LogP contribution in [-0.4, -0.2) is 11.0 Å². The fourth-order valence-corrected chi connectivity index (χ4v) is 1.19. The maximum Gasteiger partial charge on any atom is 0.205 e.